The molecule has 6 heteroatoms. The molecule has 1 heterocycles. The van der Waals surface area contributed by atoms with Gasteiger partial charge < -0.3 is 9.64 Å². The number of hydrogen-bond acceptors (Lipinski definition) is 3. The fraction of sp³-hybridized carbons (Fsp3) is 0.143. The van der Waals surface area contributed by atoms with Gasteiger partial charge in [0.15, 0.2) is 0 Å². The lowest BCUT2D eigenvalue weighted by atomic mass is 10.3. The summed E-state index contributed by atoms with van der Waals surface area (Å²) in [6.45, 7) is 0. The summed E-state index contributed by atoms with van der Waals surface area (Å²) in [6, 6.07) is 8.57. The molecule has 0 spiro atoms. The van der Waals surface area contributed by atoms with Gasteiger partial charge in [0, 0.05) is 25.2 Å². The van der Waals surface area contributed by atoms with Crippen LogP contribution in [0.3, 0.4) is 0 Å². The molecule has 1 aromatic heterocycles. The summed E-state index contributed by atoms with van der Waals surface area (Å²) >= 11 is 11.9. The first-order valence-electron chi connectivity index (χ1n) is 5.84. The van der Waals surface area contributed by atoms with Crippen LogP contribution in [0.5, 0.6) is 11.6 Å². The Morgan fingerprint density at radius 1 is 1.20 bits per heavy atom. The van der Waals surface area contributed by atoms with Crippen LogP contribution in [0, 0.1) is 0 Å². The fourth-order valence-electron chi connectivity index (χ4n) is 1.36. The highest BCUT2D eigenvalue weighted by Crippen LogP contribution is 2.31. The molecule has 0 amide bonds. The molecule has 0 atom stereocenters. The SMILES string of the molecule is CN(C)/C=N/c1ccc(Oc2ccc(Cl)cc2Cl)nc1. The van der Waals surface area contributed by atoms with E-state index in [4.69, 9.17) is 27.9 Å². The Balaban J connectivity index is 2.10. The zero-order chi connectivity index (χ0) is 14.5. The van der Waals surface area contributed by atoms with Gasteiger partial charge in [-0.25, -0.2) is 9.98 Å². The van der Waals surface area contributed by atoms with Gasteiger partial charge in [0.2, 0.25) is 5.88 Å². The number of ether oxygens (including phenoxy) is 1. The molecular weight excluding hydrogens is 297 g/mol. The third-order valence-corrected chi connectivity index (χ3v) is 2.80. The summed E-state index contributed by atoms with van der Waals surface area (Å²) in [7, 11) is 3.80. The smallest absolute Gasteiger partial charge is 0.219 e. The Kier molecular flexibility index (Phi) is 4.82. The van der Waals surface area contributed by atoms with E-state index in [1.165, 1.54) is 0 Å². The van der Waals surface area contributed by atoms with Crippen molar-refractivity contribution in [2.45, 2.75) is 0 Å². The predicted molar refractivity (Wildman–Crippen MR) is 82.6 cm³/mol. The standard InChI is InChI=1S/C14H13Cl2N3O/c1-19(2)9-18-11-4-6-14(17-8-11)20-13-5-3-10(15)7-12(13)16/h3-9H,1-2H3/b18-9+. The van der Waals surface area contributed by atoms with Crippen LogP contribution in [-0.4, -0.2) is 30.3 Å². The Hall–Kier alpha value is -1.78. The quantitative estimate of drug-likeness (QED) is 0.620. The largest absolute Gasteiger partial charge is 0.437 e. The van der Waals surface area contributed by atoms with Crippen molar-refractivity contribution in [3.05, 3.63) is 46.6 Å². The molecule has 0 radical (unpaired) electrons. The van der Waals surface area contributed by atoms with Crippen molar-refractivity contribution < 1.29 is 4.74 Å². The van der Waals surface area contributed by atoms with E-state index in [1.807, 2.05) is 25.1 Å². The van der Waals surface area contributed by atoms with Crippen LogP contribution in [0.2, 0.25) is 10.0 Å². The second-order valence-corrected chi connectivity index (χ2v) is 5.08. The maximum absolute atomic E-state index is 6.03. The van der Waals surface area contributed by atoms with Gasteiger partial charge in [-0.15, -0.1) is 0 Å². The normalized spacial score (nSPS) is 10.8. The summed E-state index contributed by atoms with van der Waals surface area (Å²) in [4.78, 5) is 10.2. The summed E-state index contributed by atoms with van der Waals surface area (Å²) in [5.41, 5.74) is 0.744. The number of aromatic nitrogens is 1. The minimum Gasteiger partial charge on any atom is -0.437 e. The summed E-state index contributed by atoms with van der Waals surface area (Å²) in [5.74, 6) is 0.950. The maximum Gasteiger partial charge on any atom is 0.219 e. The van der Waals surface area contributed by atoms with Crippen molar-refractivity contribution >= 4 is 35.2 Å². The third kappa shape index (κ3) is 4.11. The van der Waals surface area contributed by atoms with Gasteiger partial charge >= 0.3 is 0 Å². The molecule has 0 unspecified atom stereocenters. The van der Waals surface area contributed by atoms with Gasteiger partial charge in [0.1, 0.15) is 5.75 Å². The van der Waals surface area contributed by atoms with Crippen LogP contribution in [-0.2, 0) is 0 Å². The molecule has 0 saturated carbocycles. The average Bonchev–Trinajstić information content (AvgIpc) is 2.41. The van der Waals surface area contributed by atoms with Crippen molar-refractivity contribution in [3.63, 3.8) is 0 Å². The molecule has 1 aromatic carbocycles. The van der Waals surface area contributed by atoms with E-state index in [1.54, 1.807) is 36.8 Å². The van der Waals surface area contributed by atoms with Crippen LogP contribution in [0.4, 0.5) is 5.69 Å². The lowest BCUT2D eigenvalue weighted by Gasteiger charge is -2.07. The molecule has 104 valence electrons. The molecule has 0 aliphatic carbocycles. The van der Waals surface area contributed by atoms with Crippen molar-refractivity contribution in [2.75, 3.05) is 14.1 Å². The second kappa shape index (κ2) is 6.59. The van der Waals surface area contributed by atoms with E-state index in [9.17, 15) is 0 Å². The summed E-state index contributed by atoms with van der Waals surface area (Å²) in [6.07, 6.45) is 3.33. The van der Waals surface area contributed by atoms with Gasteiger partial charge in [-0.3, -0.25) is 0 Å². The van der Waals surface area contributed by atoms with E-state index in [-0.39, 0.29) is 0 Å². The zero-order valence-electron chi connectivity index (χ0n) is 11.0. The summed E-state index contributed by atoms with van der Waals surface area (Å²) < 4.78 is 5.58. The Morgan fingerprint density at radius 3 is 2.60 bits per heavy atom. The van der Waals surface area contributed by atoms with Gasteiger partial charge in [0.05, 0.1) is 23.2 Å². The van der Waals surface area contributed by atoms with E-state index < -0.39 is 0 Å². The first-order chi connectivity index (χ1) is 9.54. The lowest BCUT2D eigenvalue weighted by Crippen LogP contribution is -2.06. The molecule has 0 aliphatic heterocycles. The number of benzene rings is 1. The predicted octanol–water partition coefficient (Wildman–Crippen LogP) is 4.40. The first-order valence-corrected chi connectivity index (χ1v) is 6.60. The van der Waals surface area contributed by atoms with Gasteiger partial charge in [-0.2, -0.15) is 0 Å². The number of rotatable bonds is 4. The maximum atomic E-state index is 6.03. The van der Waals surface area contributed by atoms with Crippen molar-refractivity contribution in [3.8, 4) is 11.6 Å². The molecule has 0 aliphatic rings. The Labute approximate surface area is 127 Å². The highest BCUT2D eigenvalue weighted by molar-refractivity contribution is 6.35. The fourth-order valence-corrected chi connectivity index (χ4v) is 1.81. The molecule has 2 rings (SSSR count). The van der Waals surface area contributed by atoms with Crippen LogP contribution in [0.15, 0.2) is 41.5 Å². The molecule has 4 nitrogen and oxygen atoms in total. The molecule has 0 N–H and O–H groups in total. The average molecular weight is 310 g/mol. The van der Waals surface area contributed by atoms with Crippen molar-refractivity contribution in [1.29, 1.82) is 0 Å². The minimum atomic E-state index is 0.439. The number of halogens is 2. The van der Waals surface area contributed by atoms with Crippen molar-refractivity contribution in [1.82, 2.24) is 9.88 Å². The molecule has 2 aromatic rings. The van der Waals surface area contributed by atoms with E-state index in [0.717, 1.165) is 5.69 Å². The second-order valence-electron chi connectivity index (χ2n) is 4.24. The molecule has 20 heavy (non-hydrogen) atoms. The molecule has 0 saturated heterocycles. The van der Waals surface area contributed by atoms with E-state index in [0.29, 0.717) is 21.7 Å². The number of hydrogen-bond donors (Lipinski definition) is 0. The number of aliphatic imine (C=N–C) groups is 1. The highest BCUT2D eigenvalue weighted by atomic mass is 35.5. The van der Waals surface area contributed by atoms with Crippen LogP contribution < -0.4 is 4.74 Å². The van der Waals surface area contributed by atoms with Gasteiger partial charge in [-0.1, -0.05) is 23.2 Å². The van der Waals surface area contributed by atoms with Crippen LogP contribution >= 0.6 is 23.2 Å². The first kappa shape index (κ1) is 14.6. The Morgan fingerprint density at radius 2 is 2.00 bits per heavy atom. The number of nitrogens with zero attached hydrogens (tertiary/aromatic N) is 3. The third-order valence-electron chi connectivity index (χ3n) is 2.27. The topological polar surface area (TPSA) is 37.7 Å². The van der Waals surface area contributed by atoms with E-state index >= 15 is 0 Å². The number of pyridine rings is 1. The zero-order valence-corrected chi connectivity index (χ0v) is 12.6. The molecular formula is C14H13Cl2N3O. The lowest BCUT2D eigenvalue weighted by molar-refractivity contribution is 0.463. The van der Waals surface area contributed by atoms with Crippen LogP contribution in [0.25, 0.3) is 0 Å². The van der Waals surface area contributed by atoms with Crippen LogP contribution in [0.1, 0.15) is 0 Å². The van der Waals surface area contributed by atoms with Crippen molar-refractivity contribution in [2.24, 2.45) is 4.99 Å². The van der Waals surface area contributed by atoms with Gasteiger partial charge in [0.25, 0.3) is 0 Å². The highest BCUT2D eigenvalue weighted by Gasteiger charge is 2.04. The van der Waals surface area contributed by atoms with Gasteiger partial charge in [-0.05, 0) is 24.3 Å². The molecule has 0 fully saturated rings. The Bertz CT molecular complexity index is 612. The minimum absolute atomic E-state index is 0.439. The monoisotopic (exact) mass is 309 g/mol. The van der Waals surface area contributed by atoms with E-state index in [2.05, 4.69) is 9.98 Å². The molecule has 0 bridgehead atoms. The summed E-state index contributed by atoms with van der Waals surface area (Å²) in [5, 5.41) is 0.998.